The minimum Gasteiger partial charge on any atom is -0.374 e. The van der Waals surface area contributed by atoms with Crippen LogP contribution in [0, 0.1) is 6.26 Å². The van der Waals surface area contributed by atoms with E-state index in [1.54, 1.807) is 0 Å². The van der Waals surface area contributed by atoms with E-state index in [4.69, 9.17) is 5.11 Å². The maximum Gasteiger partial charge on any atom is 0.211 e. The Bertz CT molecular complexity index is 169. The molecule has 1 heterocycles. The number of hydrogen-bond donors (Lipinski definition) is 1. The summed E-state index contributed by atoms with van der Waals surface area (Å²) in [5.41, 5.74) is 0. The van der Waals surface area contributed by atoms with E-state index in [0.717, 1.165) is 11.8 Å². The lowest BCUT2D eigenvalue weighted by Crippen LogP contribution is -1.99. The molecule has 0 bridgehead atoms. The van der Waals surface area contributed by atoms with E-state index in [1.807, 2.05) is 0 Å². The highest BCUT2D eigenvalue weighted by Gasteiger charge is 1.99. The van der Waals surface area contributed by atoms with Gasteiger partial charge in [-0.2, -0.15) is 4.68 Å². The molecule has 0 spiro atoms. The van der Waals surface area contributed by atoms with Crippen molar-refractivity contribution < 1.29 is 5.11 Å². The van der Waals surface area contributed by atoms with Gasteiger partial charge >= 0.3 is 0 Å². The van der Waals surface area contributed by atoms with Gasteiger partial charge in [-0.15, -0.1) is 5.10 Å². The van der Waals surface area contributed by atoms with Crippen LogP contribution in [0.15, 0.2) is 5.16 Å². The van der Waals surface area contributed by atoms with Crippen molar-refractivity contribution in [1.29, 1.82) is 0 Å². The normalized spacial score (nSPS) is 10.0. The summed E-state index contributed by atoms with van der Waals surface area (Å²) < 4.78 is 1.25. The van der Waals surface area contributed by atoms with Crippen LogP contribution in [-0.2, 0) is 6.73 Å². The van der Waals surface area contributed by atoms with Gasteiger partial charge in [0.25, 0.3) is 0 Å². The smallest absolute Gasteiger partial charge is 0.211 e. The van der Waals surface area contributed by atoms with Crippen LogP contribution in [0.5, 0.6) is 0 Å². The first-order chi connectivity index (χ1) is 4.38. The highest BCUT2D eigenvalue weighted by atomic mass is 32.2. The molecule has 0 unspecified atom stereocenters. The molecule has 0 fully saturated rings. The highest BCUT2D eigenvalue weighted by Crippen LogP contribution is 2.08. The van der Waals surface area contributed by atoms with E-state index in [1.165, 1.54) is 4.68 Å². The molecule has 1 N–H and O–H groups in total. The summed E-state index contributed by atoms with van der Waals surface area (Å²) in [6.07, 6.45) is 3.48. The number of nitrogens with zero attached hydrogens (tertiary/aromatic N) is 4. The molecule has 0 aliphatic rings. The van der Waals surface area contributed by atoms with Crippen LogP contribution in [0.4, 0.5) is 0 Å². The summed E-state index contributed by atoms with van der Waals surface area (Å²) in [6.45, 7) is -0.204. The molecule has 0 saturated carbocycles. The SMILES string of the molecule is [CH2]Sc1nnnn1CO. The molecule has 49 valence electrons. The quantitative estimate of drug-likeness (QED) is 0.569. The van der Waals surface area contributed by atoms with Crippen LogP contribution >= 0.6 is 11.8 Å². The van der Waals surface area contributed by atoms with Crippen LogP contribution in [0.25, 0.3) is 0 Å². The van der Waals surface area contributed by atoms with Crippen LogP contribution in [0.2, 0.25) is 0 Å². The molecule has 1 radical (unpaired) electrons. The van der Waals surface area contributed by atoms with Gasteiger partial charge in [0.05, 0.1) is 0 Å². The first-order valence-electron chi connectivity index (χ1n) is 2.17. The monoisotopic (exact) mass is 145 g/mol. The van der Waals surface area contributed by atoms with Crippen LogP contribution in [0.1, 0.15) is 0 Å². The zero-order valence-electron chi connectivity index (χ0n) is 4.56. The standard InChI is InChI=1S/C3H5N4OS/c1-9-3-4-5-6-7(3)2-8/h8H,1-2H2. The molecule has 6 heteroatoms. The summed E-state index contributed by atoms with van der Waals surface area (Å²) in [6, 6.07) is 0. The van der Waals surface area contributed by atoms with E-state index in [-0.39, 0.29) is 6.73 Å². The molecule has 1 rings (SSSR count). The molecular weight excluding hydrogens is 140 g/mol. The molecule has 1 aromatic heterocycles. The van der Waals surface area contributed by atoms with Crippen molar-refractivity contribution in [2.75, 3.05) is 0 Å². The zero-order valence-corrected chi connectivity index (χ0v) is 5.38. The fraction of sp³-hybridized carbons (Fsp3) is 0.333. The van der Waals surface area contributed by atoms with Gasteiger partial charge in [-0.05, 0) is 10.4 Å². The molecule has 0 saturated heterocycles. The summed E-state index contributed by atoms with van der Waals surface area (Å²) in [7, 11) is 0. The fourth-order valence-electron chi connectivity index (χ4n) is 0.389. The van der Waals surface area contributed by atoms with Crippen LogP contribution in [-0.4, -0.2) is 25.3 Å². The van der Waals surface area contributed by atoms with E-state index in [9.17, 15) is 0 Å². The molecule has 0 atom stereocenters. The van der Waals surface area contributed by atoms with Gasteiger partial charge in [-0.3, -0.25) is 0 Å². The van der Waals surface area contributed by atoms with Crippen molar-refractivity contribution >= 4 is 11.8 Å². The minimum atomic E-state index is -0.204. The second kappa shape index (κ2) is 2.79. The average molecular weight is 145 g/mol. The zero-order chi connectivity index (χ0) is 6.69. The number of aliphatic hydroxyl groups is 1. The van der Waals surface area contributed by atoms with Crippen LogP contribution < -0.4 is 0 Å². The fourth-order valence-corrected chi connectivity index (χ4v) is 0.726. The lowest BCUT2D eigenvalue weighted by atomic mass is 11.1. The third-order valence-corrected chi connectivity index (χ3v) is 1.31. The van der Waals surface area contributed by atoms with Crippen LogP contribution in [0.3, 0.4) is 0 Å². The lowest BCUT2D eigenvalue weighted by molar-refractivity contribution is 0.182. The molecule has 0 aromatic carbocycles. The van der Waals surface area contributed by atoms with Crippen molar-refractivity contribution in [2.45, 2.75) is 11.9 Å². The third kappa shape index (κ3) is 1.19. The summed E-state index contributed by atoms with van der Waals surface area (Å²) in [5, 5.41) is 19.3. The van der Waals surface area contributed by atoms with Gasteiger partial charge in [-0.1, -0.05) is 11.8 Å². The first-order valence-corrected chi connectivity index (χ1v) is 3.16. The molecule has 5 nitrogen and oxygen atoms in total. The van der Waals surface area contributed by atoms with Crippen molar-refractivity contribution in [3.05, 3.63) is 6.26 Å². The molecule has 0 amide bonds. The third-order valence-electron chi connectivity index (χ3n) is 0.762. The van der Waals surface area contributed by atoms with Crippen molar-refractivity contribution in [3.63, 3.8) is 0 Å². The second-order valence-electron chi connectivity index (χ2n) is 1.25. The topological polar surface area (TPSA) is 63.8 Å². The van der Waals surface area contributed by atoms with E-state index < -0.39 is 0 Å². The maximum atomic E-state index is 8.52. The highest BCUT2D eigenvalue weighted by molar-refractivity contribution is 8.00. The van der Waals surface area contributed by atoms with Crippen molar-refractivity contribution in [2.24, 2.45) is 0 Å². The Hall–Kier alpha value is -0.620. The molecule has 1 aromatic rings. The van der Waals surface area contributed by atoms with Gasteiger partial charge in [0, 0.05) is 6.26 Å². The van der Waals surface area contributed by atoms with E-state index >= 15 is 0 Å². The molecular formula is C3H5N4OS. The van der Waals surface area contributed by atoms with Gasteiger partial charge < -0.3 is 5.11 Å². The maximum absolute atomic E-state index is 8.52. The Labute approximate surface area is 56.1 Å². The first kappa shape index (κ1) is 6.50. The summed E-state index contributed by atoms with van der Waals surface area (Å²) in [5.74, 6) is 0. The number of tetrazole rings is 1. The van der Waals surface area contributed by atoms with Gasteiger partial charge in [0.1, 0.15) is 6.73 Å². The van der Waals surface area contributed by atoms with Crippen molar-refractivity contribution in [3.8, 4) is 0 Å². The largest absolute Gasteiger partial charge is 0.374 e. The summed E-state index contributed by atoms with van der Waals surface area (Å²) >= 11 is 1.14. The number of hydrogen-bond acceptors (Lipinski definition) is 5. The van der Waals surface area contributed by atoms with Crippen molar-refractivity contribution in [1.82, 2.24) is 20.2 Å². The predicted molar refractivity (Wildman–Crippen MR) is 31.2 cm³/mol. The van der Waals surface area contributed by atoms with Gasteiger partial charge in [0.2, 0.25) is 5.16 Å². The lowest BCUT2D eigenvalue weighted by Gasteiger charge is -1.92. The number of aromatic nitrogens is 4. The Kier molecular flexibility index (Phi) is 2.01. The number of thioether (sulfide) groups is 1. The number of rotatable bonds is 2. The molecule has 0 aliphatic carbocycles. The Morgan fingerprint density at radius 1 is 1.78 bits per heavy atom. The van der Waals surface area contributed by atoms with E-state index in [0.29, 0.717) is 5.16 Å². The second-order valence-corrected chi connectivity index (χ2v) is 1.90. The average Bonchev–Trinajstić information content (AvgIpc) is 2.33. The predicted octanol–water partition coefficient (Wildman–Crippen LogP) is -0.493. The van der Waals surface area contributed by atoms with Gasteiger partial charge in [-0.25, -0.2) is 0 Å². The summed E-state index contributed by atoms with van der Waals surface area (Å²) in [4.78, 5) is 0. The van der Waals surface area contributed by atoms with E-state index in [2.05, 4.69) is 21.8 Å². The molecule has 0 aliphatic heterocycles. The minimum absolute atomic E-state index is 0.204. The Balaban J connectivity index is 2.85. The Morgan fingerprint density at radius 3 is 3.00 bits per heavy atom. The van der Waals surface area contributed by atoms with Gasteiger partial charge in [0.15, 0.2) is 0 Å². The Morgan fingerprint density at radius 2 is 2.56 bits per heavy atom. The number of aliphatic hydroxyl groups excluding tert-OH is 1. The molecule has 9 heavy (non-hydrogen) atoms.